The highest BCUT2D eigenvalue weighted by Crippen LogP contribution is 2.18. The number of nitrogens with zero attached hydrogens (tertiary/aromatic N) is 1. The minimum absolute atomic E-state index is 0.0718. The van der Waals surface area contributed by atoms with E-state index in [0.717, 1.165) is 29.3 Å². The SMILES string of the molecule is O=C(N[N+]1=Cc2ccccc2CC1)c1cccc2ccccc12. The Kier molecular flexibility index (Phi) is 3.39. The highest BCUT2D eigenvalue weighted by Gasteiger charge is 2.19. The van der Waals surface area contributed by atoms with Gasteiger partial charge in [0, 0.05) is 12.0 Å². The van der Waals surface area contributed by atoms with E-state index in [4.69, 9.17) is 0 Å². The molecular formula is C20H17N2O+. The van der Waals surface area contributed by atoms with E-state index in [2.05, 4.69) is 23.6 Å². The van der Waals surface area contributed by atoms with Crippen LogP contribution >= 0.6 is 0 Å². The minimum Gasteiger partial charge on any atom is -0.264 e. The van der Waals surface area contributed by atoms with E-state index in [1.54, 1.807) is 0 Å². The van der Waals surface area contributed by atoms with Gasteiger partial charge in [-0.3, -0.25) is 4.79 Å². The van der Waals surface area contributed by atoms with Crippen molar-refractivity contribution in [2.75, 3.05) is 6.54 Å². The van der Waals surface area contributed by atoms with E-state index in [1.165, 1.54) is 5.56 Å². The average molecular weight is 301 g/mol. The predicted octanol–water partition coefficient (Wildman–Crippen LogP) is 3.17. The molecule has 3 heteroatoms. The Labute approximate surface area is 134 Å². The first-order valence-electron chi connectivity index (χ1n) is 7.79. The fourth-order valence-electron chi connectivity index (χ4n) is 3.06. The molecule has 1 aliphatic heterocycles. The number of hydrazine groups is 1. The van der Waals surface area contributed by atoms with Crippen molar-refractivity contribution in [3.63, 3.8) is 0 Å². The van der Waals surface area contributed by atoms with E-state index >= 15 is 0 Å². The Hall–Kier alpha value is -2.94. The van der Waals surface area contributed by atoms with Gasteiger partial charge in [-0.15, -0.1) is 10.1 Å². The number of nitrogens with one attached hydrogen (secondary N) is 1. The lowest BCUT2D eigenvalue weighted by Crippen LogP contribution is -2.39. The van der Waals surface area contributed by atoms with Gasteiger partial charge in [-0.25, -0.2) is 0 Å². The quantitative estimate of drug-likeness (QED) is 0.724. The third-order valence-corrected chi connectivity index (χ3v) is 4.25. The molecule has 0 radical (unpaired) electrons. The van der Waals surface area contributed by atoms with Crippen molar-refractivity contribution in [2.24, 2.45) is 0 Å². The maximum atomic E-state index is 12.7. The van der Waals surface area contributed by atoms with E-state index in [1.807, 2.05) is 59.4 Å². The molecule has 3 aromatic carbocycles. The Balaban J connectivity index is 1.65. The summed E-state index contributed by atoms with van der Waals surface area (Å²) in [5, 5.41) is 2.05. The number of hydrazone groups is 1. The van der Waals surface area contributed by atoms with Gasteiger partial charge in [0.1, 0.15) is 0 Å². The summed E-state index contributed by atoms with van der Waals surface area (Å²) in [7, 11) is 0. The average Bonchev–Trinajstić information content (AvgIpc) is 2.61. The normalized spacial score (nSPS) is 13.3. The molecule has 3 nitrogen and oxygen atoms in total. The molecule has 23 heavy (non-hydrogen) atoms. The molecule has 0 atom stereocenters. The van der Waals surface area contributed by atoms with Crippen molar-refractivity contribution in [3.8, 4) is 0 Å². The lowest BCUT2D eigenvalue weighted by Gasteiger charge is -2.12. The molecule has 0 unspecified atom stereocenters. The van der Waals surface area contributed by atoms with Gasteiger partial charge >= 0.3 is 5.91 Å². The molecular weight excluding hydrogens is 284 g/mol. The van der Waals surface area contributed by atoms with Crippen molar-refractivity contribution in [1.82, 2.24) is 5.43 Å². The molecule has 1 aliphatic rings. The van der Waals surface area contributed by atoms with Gasteiger partial charge in [-0.05, 0) is 28.5 Å². The summed E-state index contributed by atoms with van der Waals surface area (Å²) >= 11 is 0. The Morgan fingerprint density at radius 1 is 0.913 bits per heavy atom. The molecule has 0 saturated carbocycles. The number of hydrogen-bond acceptors (Lipinski definition) is 1. The molecule has 1 amide bonds. The number of carbonyl (C=O) groups is 1. The second-order valence-electron chi connectivity index (χ2n) is 5.74. The maximum absolute atomic E-state index is 12.7. The van der Waals surface area contributed by atoms with Crippen molar-refractivity contribution in [3.05, 3.63) is 83.4 Å². The first kappa shape index (κ1) is 13.7. The van der Waals surface area contributed by atoms with Gasteiger partial charge in [-0.2, -0.15) is 0 Å². The van der Waals surface area contributed by atoms with Crippen molar-refractivity contribution < 1.29 is 9.48 Å². The summed E-state index contributed by atoms with van der Waals surface area (Å²) in [6.07, 6.45) is 2.93. The largest absolute Gasteiger partial charge is 0.305 e. The second-order valence-corrected chi connectivity index (χ2v) is 5.74. The third kappa shape index (κ3) is 2.61. The first-order valence-corrected chi connectivity index (χ1v) is 7.79. The van der Waals surface area contributed by atoms with Gasteiger partial charge in [0.2, 0.25) is 6.21 Å². The topological polar surface area (TPSA) is 32.1 Å². The maximum Gasteiger partial charge on any atom is 0.305 e. The van der Waals surface area contributed by atoms with Gasteiger partial charge in [0.15, 0.2) is 6.54 Å². The number of carbonyl (C=O) groups excluding carboxylic acids is 1. The zero-order valence-corrected chi connectivity index (χ0v) is 12.7. The Morgan fingerprint density at radius 2 is 1.70 bits per heavy atom. The zero-order chi connectivity index (χ0) is 15.6. The van der Waals surface area contributed by atoms with E-state index in [-0.39, 0.29) is 5.91 Å². The van der Waals surface area contributed by atoms with Crippen LogP contribution in [0.4, 0.5) is 0 Å². The summed E-state index contributed by atoms with van der Waals surface area (Å²) in [4.78, 5) is 12.7. The Morgan fingerprint density at radius 3 is 2.65 bits per heavy atom. The number of hydrogen-bond donors (Lipinski definition) is 1. The number of amides is 1. The van der Waals surface area contributed by atoms with Crippen LogP contribution in [0.1, 0.15) is 21.5 Å². The van der Waals surface area contributed by atoms with Crippen LogP contribution in [-0.2, 0) is 6.42 Å². The van der Waals surface area contributed by atoms with Crippen LogP contribution in [0.15, 0.2) is 66.7 Å². The summed E-state index contributed by atoms with van der Waals surface area (Å²) < 4.78 is 1.88. The third-order valence-electron chi connectivity index (χ3n) is 4.25. The fraction of sp³-hybridized carbons (Fsp3) is 0.100. The van der Waals surface area contributed by atoms with Crippen LogP contribution in [-0.4, -0.2) is 23.4 Å². The Bertz CT molecular complexity index is 922. The van der Waals surface area contributed by atoms with Gasteiger partial charge in [-0.1, -0.05) is 54.6 Å². The molecule has 3 aromatic rings. The van der Waals surface area contributed by atoms with Gasteiger partial charge in [0.05, 0.1) is 5.56 Å². The lowest BCUT2D eigenvalue weighted by molar-refractivity contribution is -0.568. The van der Waals surface area contributed by atoms with Crippen LogP contribution in [0.3, 0.4) is 0 Å². The highest BCUT2D eigenvalue weighted by molar-refractivity contribution is 6.06. The van der Waals surface area contributed by atoms with Crippen LogP contribution in [0, 0.1) is 0 Å². The molecule has 0 bridgehead atoms. The molecule has 1 N–H and O–H groups in total. The number of benzene rings is 3. The molecule has 0 spiro atoms. The van der Waals surface area contributed by atoms with Gasteiger partial charge < -0.3 is 0 Å². The molecule has 0 saturated heterocycles. The van der Waals surface area contributed by atoms with Crippen molar-refractivity contribution in [2.45, 2.75) is 6.42 Å². The second kappa shape index (κ2) is 5.69. The molecule has 112 valence electrons. The van der Waals surface area contributed by atoms with Gasteiger partial charge in [0.25, 0.3) is 0 Å². The van der Waals surface area contributed by atoms with Crippen molar-refractivity contribution >= 4 is 22.9 Å². The molecule has 0 aromatic heterocycles. The lowest BCUT2D eigenvalue weighted by atomic mass is 10.0. The molecule has 0 fully saturated rings. The van der Waals surface area contributed by atoms with E-state index in [0.29, 0.717) is 5.56 Å². The van der Waals surface area contributed by atoms with Crippen LogP contribution in [0.5, 0.6) is 0 Å². The van der Waals surface area contributed by atoms with Crippen LogP contribution in [0.2, 0.25) is 0 Å². The zero-order valence-electron chi connectivity index (χ0n) is 12.7. The van der Waals surface area contributed by atoms with E-state index < -0.39 is 0 Å². The minimum atomic E-state index is -0.0718. The number of rotatable bonds is 2. The fourth-order valence-corrected chi connectivity index (χ4v) is 3.06. The van der Waals surface area contributed by atoms with Crippen LogP contribution in [0.25, 0.3) is 10.8 Å². The molecule has 0 aliphatic carbocycles. The van der Waals surface area contributed by atoms with E-state index in [9.17, 15) is 4.79 Å². The first-order chi connectivity index (χ1) is 11.3. The monoisotopic (exact) mass is 301 g/mol. The summed E-state index contributed by atoms with van der Waals surface area (Å²) in [5.41, 5.74) is 6.20. The summed E-state index contributed by atoms with van der Waals surface area (Å²) in [6.45, 7) is 0.785. The highest BCUT2D eigenvalue weighted by atomic mass is 16.2. The summed E-state index contributed by atoms with van der Waals surface area (Å²) in [6, 6.07) is 22.1. The van der Waals surface area contributed by atoms with Crippen LogP contribution < -0.4 is 5.43 Å². The summed E-state index contributed by atoms with van der Waals surface area (Å²) in [5.74, 6) is -0.0718. The standard InChI is InChI=1S/C20H16N2O/c23-20(19-11-5-9-16-7-3-4-10-18(16)19)21-22-13-12-15-6-1-2-8-17(15)14-22/h1-11,14H,12-13H2/p+1. The molecule has 1 heterocycles. The number of fused-ring (bicyclic) bond motifs is 2. The smallest absolute Gasteiger partial charge is 0.264 e. The predicted molar refractivity (Wildman–Crippen MR) is 91.9 cm³/mol. The van der Waals surface area contributed by atoms with Crippen molar-refractivity contribution in [1.29, 1.82) is 0 Å². The molecule has 4 rings (SSSR count).